The molecule has 0 amide bonds. The van der Waals surface area contributed by atoms with Crippen LogP contribution in [-0.2, 0) is 0 Å². The lowest BCUT2D eigenvalue weighted by Gasteiger charge is -2.33. The van der Waals surface area contributed by atoms with E-state index in [9.17, 15) is 4.79 Å². The second-order valence-corrected chi connectivity index (χ2v) is 9.28. The van der Waals surface area contributed by atoms with Crippen LogP contribution in [-0.4, -0.2) is 42.3 Å². The number of ketones is 1. The maximum Gasteiger partial charge on any atom is 0.169 e. The number of pyridine rings is 1. The molecule has 0 saturated heterocycles. The Morgan fingerprint density at radius 2 is 1.93 bits per heavy atom. The Balaban J connectivity index is 1.56. The van der Waals surface area contributed by atoms with E-state index < -0.39 is 0 Å². The fourth-order valence-corrected chi connectivity index (χ4v) is 4.58. The number of nitrogens with zero attached hydrogens (tertiary/aromatic N) is 2. The smallest absolute Gasteiger partial charge is 0.169 e. The van der Waals surface area contributed by atoms with Gasteiger partial charge in [-0.25, -0.2) is 0 Å². The van der Waals surface area contributed by atoms with Gasteiger partial charge in [-0.1, -0.05) is 15.9 Å². The van der Waals surface area contributed by atoms with Crippen LogP contribution in [0.25, 0.3) is 10.9 Å². The van der Waals surface area contributed by atoms with Crippen LogP contribution in [0.5, 0.6) is 0 Å². The van der Waals surface area contributed by atoms with Gasteiger partial charge in [-0.05, 0) is 76.7 Å². The highest BCUT2D eigenvalue weighted by molar-refractivity contribution is 9.10. The summed E-state index contributed by atoms with van der Waals surface area (Å²) in [5, 5.41) is 4.71. The van der Waals surface area contributed by atoms with Crippen molar-refractivity contribution in [2.75, 3.05) is 26.0 Å². The molecular formula is C22H28BrN3O. The van der Waals surface area contributed by atoms with E-state index in [4.69, 9.17) is 0 Å². The summed E-state index contributed by atoms with van der Waals surface area (Å²) in [6.07, 6.45) is 8.82. The lowest BCUT2D eigenvalue weighted by molar-refractivity contribution is 0.0968. The quantitative estimate of drug-likeness (QED) is 0.646. The molecule has 2 aromatic rings. The summed E-state index contributed by atoms with van der Waals surface area (Å²) in [7, 11) is 4.36. The minimum absolute atomic E-state index is 0.201. The lowest BCUT2D eigenvalue weighted by atomic mass is 9.85. The fraction of sp³-hybridized carbons (Fsp3) is 0.545. The van der Waals surface area contributed by atoms with E-state index in [0.717, 1.165) is 46.0 Å². The summed E-state index contributed by atoms with van der Waals surface area (Å²) in [6, 6.07) is 6.81. The molecule has 2 fully saturated rings. The third kappa shape index (κ3) is 4.19. The van der Waals surface area contributed by atoms with Gasteiger partial charge in [0.15, 0.2) is 5.78 Å². The number of fused-ring (bicyclic) bond motifs is 1. The Bertz CT molecular complexity index is 839. The molecule has 0 radical (unpaired) electrons. The van der Waals surface area contributed by atoms with Gasteiger partial charge in [-0.3, -0.25) is 9.78 Å². The maximum absolute atomic E-state index is 12.8. The molecule has 5 heteroatoms. The van der Waals surface area contributed by atoms with Gasteiger partial charge in [0.25, 0.3) is 0 Å². The molecule has 144 valence electrons. The van der Waals surface area contributed by atoms with Crippen molar-refractivity contribution in [3.8, 4) is 0 Å². The van der Waals surface area contributed by atoms with Crippen LogP contribution in [0, 0.1) is 11.8 Å². The van der Waals surface area contributed by atoms with Crippen LogP contribution in [0.2, 0.25) is 0 Å². The number of Topliss-reactive ketones (excluding diaryl/α,β-unsaturated/α-hetero) is 1. The number of hydrogen-bond donors (Lipinski definition) is 1. The van der Waals surface area contributed by atoms with Crippen molar-refractivity contribution < 1.29 is 4.79 Å². The molecule has 2 aliphatic rings. The van der Waals surface area contributed by atoms with Crippen molar-refractivity contribution in [2.24, 2.45) is 11.8 Å². The molecule has 1 aromatic carbocycles. The number of benzene rings is 1. The first-order valence-electron chi connectivity index (χ1n) is 10.1. The molecule has 4 rings (SSSR count). The third-order valence-corrected chi connectivity index (χ3v) is 6.65. The molecule has 1 aromatic heterocycles. The van der Waals surface area contributed by atoms with E-state index in [1.165, 1.54) is 25.7 Å². The Morgan fingerprint density at radius 3 is 2.59 bits per heavy atom. The summed E-state index contributed by atoms with van der Waals surface area (Å²) >= 11 is 3.57. The first-order chi connectivity index (χ1) is 13.0. The van der Waals surface area contributed by atoms with Crippen LogP contribution < -0.4 is 5.32 Å². The van der Waals surface area contributed by atoms with Crippen molar-refractivity contribution >= 4 is 38.3 Å². The summed E-state index contributed by atoms with van der Waals surface area (Å²) in [5.41, 5.74) is 2.68. The summed E-state index contributed by atoms with van der Waals surface area (Å²) < 4.78 is 1.02. The highest BCUT2D eigenvalue weighted by Gasteiger charge is 2.32. The predicted octanol–water partition coefficient (Wildman–Crippen LogP) is 5.12. The number of hydrogen-bond acceptors (Lipinski definition) is 4. The molecule has 2 saturated carbocycles. The number of carbonyl (C=O) groups excluding carboxylic acids is 1. The van der Waals surface area contributed by atoms with Gasteiger partial charge in [0.1, 0.15) is 0 Å². The number of anilines is 1. The number of nitrogens with one attached hydrogen (secondary N) is 1. The van der Waals surface area contributed by atoms with E-state index >= 15 is 0 Å². The molecule has 0 bridgehead atoms. The predicted molar refractivity (Wildman–Crippen MR) is 114 cm³/mol. The first kappa shape index (κ1) is 18.9. The number of rotatable bonds is 6. The van der Waals surface area contributed by atoms with Gasteiger partial charge >= 0.3 is 0 Å². The minimum atomic E-state index is 0.201. The standard InChI is InChI=1S/C22H28BrN3O/c1-26(2)17-8-3-14(4-9-17)12-25-21-18-11-16(23)7-10-20(18)24-13-19(21)22(27)15-5-6-15/h7,10-11,13-15,17H,3-6,8-9,12H2,1-2H3,(H,24,25)/t14-,17-. The zero-order chi connectivity index (χ0) is 19.0. The van der Waals surface area contributed by atoms with E-state index in [1.54, 1.807) is 6.20 Å². The van der Waals surface area contributed by atoms with Crippen LogP contribution in [0.3, 0.4) is 0 Å². The van der Waals surface area contributed by atoms with E-state index in [-0.39, 0.29) is 11.7 Å². The second kappa shape index (κ2) is 7.88. The third-order valence-electron chi connectivity index (χ3n) is 6.16. The zero-order valence-corrected chi connectivity index (χ0v) is 17.8. The van der Waals surface area contributed by atoms with E-state index in [1.807, 2.05) is 12.1 Å². The highest BCUT2D eigenvalue weighted by atomic mass is 79.9. The molecule has 2 aliphatic carbocycles. The zero-order valence-electron chi connectivity index (χ0n) is 16.2. The van der Waals surface area contributed by atoms with Gasteiger partial charge in [0.05, 0.1) is 16.8 Å². The van der Waals surface area contributed by atoms with Gasteiger partial charge in [-0.2, -0.15) is 0 Å². The topological polar surface area (TPSA) is 45.2 Å². The molecule has 1 N–H and O–H groups in total. The molecule has 0 unspecified atom stereocenters. The number of halogens is 1. The molecule has 0 aliphatic heterocycles. The van der Waals surface area contributed by atoms with Gasteiger partial charge < -0.3 is 10.2 Å². The normalized spacial score (nSPS) is 23.0. The SMILES string of the molecule is CN(C)[C@H]1CC[C@H](CNc2c(C(=O)C3CC3)cnc3ccc(Br)cc23)CC1. The van der Waals surface area contributed by atoms with Crippen molar-refractivity contribution in [2.45, 2.75) is 44.6 Å². The molecular weight excluding hydrogens is 402 g/mol. The molecule has 4 nitrogen and oxygen atoms in total. The average molecular weight is 430 g/mol. The second-order valence-electron chi connectivity index (χ2n) is 8.37. The lowest BCUT2D eigenvalue weighted by Crippen LogP contribution is -2.33. The summed E-state index contributed by atoms with van der Waals surface area (Å²) in [5.74, 6) is 1.12. The van der Waals surface area contributed by atoms with E-state index in [2.05, 4.69) is 51.3 Å². The summed E-state index contributed by atoms with van der Waals surface area (Å²) in [6.45, 7) is 0.927. The van der Waals surface area contributed by atoms with Crippen LogP contribution in [0.4, 0.5) is 5.69 Å². The van der Waals surface area contributed by atoms with Crippen molar-refractivity contribution in [1.29, 1.82) is 0 Å². The first-order valence-corrected chi connectivity index (χ1v) is 10.8. The Kier molecular flexibility index (Phi) is 5.51. The van der Waals surface area contributed by atoms with E-state index in [0.29, 0.717) is 12.0 Å². The fourth-order valence-electron chi connectivity index (χ4n) is 4.22. The Labute approximate surface area is 169 Å². The summed E-state index contributed by atoms with van der Waals surface area (Å²) in [4.78, 5) is 19.7. The Morgan fingerprint density at radius 1 is 1.19 bits per heavy atom. The highest BCUT2D eigenvalue weighted by Crippen LogP contribution is 2.37. The van der Waals surface area contributed by atoms with Gasteiger partial charge in [-0.15, -0.1) is 0 Å². The van der Waals surface area contributed by atoms with Crippen molar-refractivity contribution in [3.63, 3.8) is 0 Å². The maximum atomic E-state index is 12.8. The van der Waals surface area contributed by atoms with Crippen LogP contribution in [0.15, 0.2) is 28.9 Å². The van der Waals surface area contributed by atoms with Crippen molar-refractivity contribution in [3.05, 3.63) is 34.4 Å². The minimum Gasteiger partial charge on any atom is -0.384 e. The largest absolute Gasteiger partial charge is 0.384 e. The van der Waals surface area contributed by atoms with Crippen molar-refractivity contribution in [1.82, 2.24) is 9.88 Å². The van der Waals surface area contributed by atoms with Gasteiger partial charge in [0, 0.05) is 34.6 Å². The van der Waals surface area contributed by atoms with Crippen LogP contribution in [0.1, 0.15) is 48.9 Å². The molecule has 0 atom stereocenters. The molecule has 0 spiro atoms. The molecule has 27 heavy (non-hydrogen) atoms. The molecule has 1 heterocycles. The monoisotopic (exact) mass is 429 g/mol. The van der Waals surface area contributed by atoms with Gasteiger partial charge in [0.2, 0.25) is 0 Å². The Hall–Kier alpha value is -1.46. The van der Waals surface area contributed by atoms with Crippen LogP contribution >= 0.6 is 15.9 Å². The number of aromatic nitrogens is 1. The average Bonchev–Trinajstić information content (AvgIpc) is 3.51. The number of carbonyl (C=O) groups is 1.